The van der Waals surface area contributed by atoms with E-state index in [1.807, 2.05) is 0 Å². The molecule has 15 N–H and O–H groups in total. The molecule has 0 radical (unpaired) electrons. The highest BCUT2D eigenvalue weighted by molar-refractivity contribution is 5.99. The van der Waals surface area contributed by atoms with Gasteiger partial charge in [-0.05, 0) is 56.4 Å². The summed E-state index contributed by atoms with van der Waals surface area (Å²) in [6, 6.07) is 2.11. The van der Waals surface area contributed by atoms with Gasteiger partial charge in [0.2, 0.25) is 41.4 Å². The van der Waals surface area contributed by atoms with Gasteiger partial charge in [0.05, 0.1) is 19.1 Å². The van der Waals surface area contributed by atoms with Gasteiger partial charge in [-0.1, -0.05) is 50.2 Å². The number of carbonyl (C=O) groups excluding carboxylic acids is 7. The maximum absolute atomic E-state index is 14.2. The highest BCUT2D eigenvalue weighted by Gasteiger charge is 2.35. The lowest BCUT2D eigenvalue weighted by Gasteiger charge is -2.27. The average Bonchev–Trinajstić information content (AvgIpc) is 3.89. The average molecular weight is 949 g/mol. The van der Waals surface area contributed by atoms with Crippen molar-refractivity contribution in [2.24, 2.45) is 11.7 Å². The number of hydrogen-bond donors (Lipinski definition) is 14. The number of carbonyl (C=O) groups is 9. The number of nitrogens with two attached hydrogens (primary N) is 1. The van der Waals surface area contributed by atoms with Crippen LogP contribution in [-0.4, -0.2) is 145 Å². The summed E-state index contributed by atoms with van der Waals surface area (Å²) in [6.45, 7) is 6.25. The van der Waals surface area contributed by atoms with Crippen molar-refractivity contribution in [1.29, 1.82) is 0 Å². The third-order valence-electron chi connectivity index (χ3n) is 10.9. The second kappa shape index (κ2) is 24.4. The number of aliphatic hydroxyl groups is 2. The first-order chi connectivity index (χ1) is 32.1. The quantitative estimate of drug-likeness (QED) is 0.0348. The number of fused-ring (bicyclic) bond motifs is 2. The van der Waals surface area contributed by atoms with Gasteiger partial charge in [0, 0.05) is 47.0 Å². The molecule has 0 aliphatic rings. The second-order valence-corrected chi connectivity index (χ2v) is 16.9. The molecule has 4 aromatic rings. The molecule has 2 aromatic carbocycles. The molecule has 9 unspecified atom stereocenters. The molecule has 23 heteroatoms. The zero-order valence-electron chi connectivity index (χ0n) is 38.1. The van der Waals surface area contributed by atoms with Gasteiger partial charge in [0.25, 0.3) is 0 Å². The summed E-state index contributed by atoms with van der Waals surface area (Å²) < 4.78 is 0. The van der Waals surface area contributed by atoms with E-state index in [-0.39, 0.29) is 25.2 Å². The van der Waals surface area contributed by atoms with Gasteiger partial charge in [-0.25, -0.2) is 0 Å². The molecule has 2 heterocycles. The fourth-order valence-electron chi connectivity index (χ4n) is 7.10. The Hall–Kier alpha value is -7.37. The Bertz CT molecular complexity index is 2470. The molecule has 0 aliphatic heterocycles. The minimum Gasteiger partial charge on any atom is -0.481 e. The lowest BCUT2D eigenvalue weighted by Crippen LogP contribution is -2.61. The summed E-state index contributed by atoms with van der Waals surface area (Å²) in [5.41, 5.74) is 8.10. The lowest BCUT2D eigenvalue weighted by atomic mass is 10.0. The molecule has 0 spiro atoms. The van der Waals surface area contributed by atoms with Crippen molar-refractivity contribution >= 4 is 75.1 Å². The topological polar surface area (TPSA) is 376 Å². The van der Waals surface area contributed by atoms with Crippen molar-refractivity contribution in [1.82, 2.24) is 47.2 Å². The third kappa shape index (κ3) is 14.8. The third-order valence-corrected chi connectivity index (χ3v) is 10.9. The Morgan fingerprint density at radius 1 is 0.544 bits per heavy atom. The first-order valence-corrected chi connectivity index (χ1v) is 21.8. The number of aromatic nitrogens is 2. The number of rotatable bonds is 25. The van der Waals surface area contributed by atoms with Crippen LogP contribution < -0.4 is 43.0 Å². The lowest BCUT2D eigenvalue weighted by molar-refractivity contribution is -0.142. The summed E-state index contributed by atoms with van der Waals surface area (Å²) in [5, 5.41) is 57.6. The van der Waals surface area contributed by atoms with E-state index >= 15 is 0 Å². The van der Waals surface area contributed by atoms with Gasteiger partial charge >= 0.3 is 11.9 Å². The van der Waals surface area contributed by atoms with Crippen molar-refractivity contribution in [2.45, 2.75) is 115 Å². The molecule has 0 saturated carbocycles. The number of benzene rings is 2. The maximum atomic E-state index is 14.2. The summed E-state index contributed by atoms with van der Waals surface area (Å²) in [4.78, 5) is 125. The summed E-state index contributed by atoms with van der Waals surface area (Å²) in [7, 11) is 0. The van der Waals surface area contributed by atoms with Gasteiger partial charge in [0.15, 0.2) is 0 Å². The number of aliphatic carboxylic acids is 2. The van der Waals surface area contributed by atoms with E-state index in [2.05, 4.69) is 47.2 Å². The molecule has 0 aliphatic carbocycles. The zero-order chi connectivity index (χ0) is 50.4. The predicted molar refractivity (Wildman–Crippen MR) is 245 cm³/mol. The Labute approximate surface area is 390 Å². The molecule has 23 nitrogen and oxygen atoms in total. The highest BCUT2D eigenvalue weighted by Crippen LogP contribution is 2.21. The van der Waals surface area contributed by atoms with E-state index in [1.54, 1.807) is 74.8 Å². The molecule has 0 fully saturated rings. The molecule has 7 amide bonds. The SMILES string of the molecule is CC(C)CC(NC(=O)C(C)NC(=O)C(N)C(C)O)C(=O)NC(CC(=O)O)C(=O)NC(Cc1c[nH]c2ccccc12)C(=O)NC(CO)C(=O)NC(Cc1c[nH]c2ccccc12)C(=O)NC(C)C(=O)O. The highest BCUT2D eigenvalue weighted by atomic mass is 16.4. The van der Waals surface area contributed by atoms with Crippen molar-refractivity contribution in [3.05, 3.63) is 72.1 Å². The molecular weight excluding hydrogens is 889 g/mol. The first-order valence-electron chi connectivity index (χ1n) is 21.8. The molecule has 4 rings (SSSR count). The maximum Gasteiger partial charge on any atom is 0.325 e. The Balaban J connectivity index is 1.59. The van der Waals surface area contributed by atoms with E-state index in [1.165, 1.54) is 20.8 Å². The van der Waals surface area contributed by atoms with Crippen LogP contribution in [-0.2, 0) is 56.0 Å². The van der Waals surface area contributed by atoms with Crippen LogP contribution in [0.25, 0.3) is 21.8 Å². The van der Waals surface area contributed by atoms with Crippen molar-refractivity contribution in [3.8, 4) is 0 Å². The summed E-state index contributed by atoms with van der Waals surface area (Å²) in [6.07, 6.45) is 0.522. The van der Waals surface area contributed by atoms with E-state index in [0.29, 0.717) is 27.4 Å². The minimum absolute atomic E-state index is 0.00801. The van der Waals surface area contributed by atoms with E-state index in [9.17, 15) is 63.6 Å². The van der Waals surface area contributed by atoms with Crippen LogP contribution >= 0.6 is 0 Å². The number of amides is 7. The minimum atomic E-state index is -1.85. The predicted octanol–water partition coefficient (Wildman–Crippen LogP) is -1.83. The smallest absolute Gasteiger partial charge is 0.325 e. The normalized spacial score (nSPS) is 15.3. The molecule has 68 heavy (non-hydrogen) atoms. The largest absolute Gasteiger partial charge is 0.481 e. The summed E-state index contributed by atoms with van der Waals surface area (Å²) in [5.74, 6) is -9.93. The van der Waals surface area contributed by atoms with Crippen molar-refractivity contribution in [3.63, 3.8) is 0 Å². The van der Waals surface area contributed by atoms with Gasteiger partial charge in [-0.3, -0.25) is 43.2 Å². The number of aromatic amines is 2. The number of nitrogens with one attached hydrogen (secondary N) is 9. The van der Waals surface area contributed by atoms with Gasteiger partial charge < -0.3 is 73.3 Å². The Morgan fingerprint density at radius 3 is 1.43 bits per heavy atom. The summed E-state index contributed by atoms with van der Waals surface area (Å²) >= 11 is 0. The van der Waals surface area contributed by atoms with Crippen LogP contribution in [0, 0.1) is 5.92 Å². The fourth-order valence-corrected chi connectivity index (χ4v) is 7.10. The van der Waals surface area contributed by atoms with Crippen molar-refractivity contribution in [2.75, 3.05) is 6.61 Å². The molecule has 0 bridgehead atoms. The number of aliphatic hydroxyl groups excluding tert-OH is 2. The molecular formula is C45H60N10O13. The van der Waals surface area contributed by atoms with Gasteiger partial charge in [-0.2, -0.15) is 0 Å². The van der Waals surface area contributed by atoms with Crippen LogP contribution in [0.1, 0.15) is 58.6 Å². The molecule has 2 aromatic heterocycles. The van der Waals surface area contributed by atoms with Crippen LogP contribution in [0.15, 0.2) is 60.9 Å². The van der Waals surface area contributed by atoms with Crippen LogP contribution in [0.4, 0.5) is 0 Å². The number of para-hydroxylation sites is 2. The zero-order valence-corrected chi connectivity index (χ0v) is 38.1. The Morgan fingerprint density at radius 2 is 0.956 bits per heavy atom. The van der Waals surface area contributed by atoms with E-state index in [0.717, 1.165) is 5.52 Å². The molecule has 0 saturated heterocycles. The number of carboxylic acid groups (broad SMARTS) is 2. The number of H-pyrrole nitrogens is 2. The van der Waals surface area contributed by atoms with Gasteiger partial charge in [-0.15, -0.1) is 0 Å². The molecule has 368 valence electrons. The number of carboxylic acids is 2. The standard InChI is InChI=1S/C45H60N10O13/c1-21(2)14-31(51-38(60)22(3)49-44(66)37(46)24(5)57)40(62)54-34(17-36(58)59)42(64)52-33(16-26-19-48-30-13-9-7-11-28(26)30)41(63)55-35(20-56)43(65)53-32(39(61)50-23(4)45(67)68)15-25-18-47-29-12-8-6-10-27(25)29/h6-13,18-19,21-24,31-35,37,47-48,56-57H,14-17,20,46H2,1-5H3,(H,49,66)(H,50,61)(H,51,60)(H,52,64)(H,53,65)(H,54,62)(H,55,63)(H,58,59)(H,67,68). The first kappa shape index (κ1) is 53.2. The van der Waals surface area contributed by atoms with Crippen molar-refractivity contribution < 1.29 is 63.6 Å². The van der Waals surface area contributed by atoms with Crippen LogP contribution in [0.2, 0.25) is 0 Å². The van der Waals surface area contributed by atoms with Crippen LogP contribution in [0.5, 0.6) is 0 Å². The van der Waals surface area contributed by atoms with Crippen LogP contribution in [0.3, 0.4) is 0 Å². The van der Waals surface area contributed by atoms with E-state index in [4.69, 9.17) is 5.73 Å². The Kier molecular flexibility index (Phi) is 19.1. The second-order valence-electron chi connectivity index (χ2n) is 16.9. The van der Waals surface area contributed by atoms with E-state index < -0.39 is 121 Å². The van der Waals surface area contributed by atoms with Gasteiger partial charge in [0.1, 0.15) is 48.3 Å². The fraction of sp³-hybridized carbons (Fsp3) is 0.444. The monoisotopic (exact) mass is 948 g/mol. The molecule has 9 atom stereocenters. The number of hydrogen-bond acceptors (Lipinski definition) is 12.